The van der Waals surface area contributed by atoms with Crippen LogP contribution < -0.4 is 5.73 Å². The van der Waals surface area contributed by atoms with Crippen molar-refractivity contribution in [1.82, 2.24) is 14.9 Å². The summed E-state index contributed by atoms with van der Waals surface area (Å²) in [4.78, 5) is 29.2. The molecule has 2 aromatic carbocycles. The Balaban J connectivity index is 0. The molecule has 8 nitrogen and oxygen atoms in total. The van der Waals surface area contributed by atoms with Gasteiger partial charge in [-0.05, 0) is 37.0 Å². The van der Waals surface area contributed by atoms with Crippen LogP contribution in [0.5, 0.6) is 5.75 Å². The summed E-state index contributed by atoms with van der Waals surface area (Å²) in [6.07, 6.45) is 5.12. The number of aromatic amines is 1. The lowest BCUT2D eigenvalue weighted by atomic mass is 10.1. The van der Waals surface area contributed by atoms with Crippen molar-refractivity contribution in [2.45, 2.75) is 74.3 Å². The minimum atomic E-state index is -0.501. The number of phenols is 1. The van der Waals surface area contributed by atoms with E-state index in [0.717, 1.165) is 29.7 Å². The van der Waals surface area contributed by atoms with Gasteiger partial charge in [0.25, 0.3) is 0 Å². The molecule has 0 unspecified atom stereocenters. The molecule has 2 amide bonds. The molecule has 0 fully saturated rings. The van der Waals surface area contributed by atoms with Gasteiger partial charge in [0.15, 0.2) is 0 Å². The van der Waals surface area contributed by atoms with E-state index >= 15 is 0 Å². The number of nitrogens with zero attached hydrogens (tertiary/aromatic N) is 2. The summed E-state index contributed by atoms with van der Waals surface area (Å²) in [6, 6.07) is 15.9. The monoisotopic (exact) mass is 528 g/mol. The number of rotatable bonds is 7. The number of hydrogen-bond acceptors (Lipinski definition) is 5. The highest BCUT2D eigenvalue weighted by molar-refractivity contribution is 5.77. The largest absolute Gasteiger partial charge is 0.508 e. The first-order valence-electron chi connectivity index (χ1n) is 13.2. The summed E-state index contributed by atoms with van der Waals surface area (Å²) in [5.74, 6) is 0.565. The van der Waals surface area contributed by atoms with Gasteiger partial charge in [0.1, 0.15) is 18.2 Å². The molecule has 1 aromatic heterocycles. The zero-order valence-electron chi connectivity index (χ0n) is 24.2. The number of aromatic hydroxyl groups is 1. The number of primary amides is 1. The van der Waals surface area contributed by atoms with E-state index in [4.69, 9.17) is 9.90 Å². The quantitative estimate of drug-likeness (QED) is 0.296. The fourth-order valence-electron chi connectivity index (χ4n) is 2.92. The predicted octanol–water partition coefficient (Wildman–Crippen LogP) is 5.61. The Labute approximate surface area is 228 Å². The van der Waals surface area contributed by atoms with Gasteiger partial charge in [0.2, 0.25) is 12.3 Å². The van der Waals surface area contributed by atoms with Crippen LogP contribution in [0.3, 0.4) is 0 Å². The van der Waals surface area contributed by atoms with Gasteiger partial charge in [-0.3, -0.25) is 9.59 Å². The van der Waals surface area contributed by atoms with Crippen LogP contribution in [0.1, 0.15) is 71.3 Å². The molecule has 0 atom stereocenters. The maximum Gasteiger partial charge on any atom is 0.248 e. The number of carbonyl (C=O) groups excluding carboxylic acids is 2. The molecule has 38 heavy (non-hydrogen) atoms. The molecule has 0 bridgehead atoms. The van der Waals surface area contributed by atoms with Crippen LogP contribution in [0.2, 0.25) is 0 Å². The van der Waals surface area contributed by atoms with Crippen LogP contribution in [0.25, 0.3) is 11.3 Å². The van der Waals surface area contributed by atoms with E-state index < -0.39 is 6.61 Å². The number of amides is 2. The van der Waals surface area contributed by atoms with Crippen molar-refractivity contribution < 1.29 is 19.8 Å². The molecule has 0 aliphatic rings. The fraction of sp³-hybridized carbons (Fsp3) is 0.433. The molecule has 3 aromatic rings. The zero-order valence-corrected chi connectivity index (χ0v) is 24.2. The number of nitrogens with two attached hydrogens (primary N) is 1. The molecule has 0 aliphatic heterocycles. The Morgan fingerprint density at radius 3 is 2.11 bits per heavy atom. The van der Waals surface area contributed by atoms with Crippen LogP contribution in [0, 0.1) is 6.92 Å². The maximum atomic E-state index is 11.7. The third-order valence-electron chi connectivity index (χ3n) is 4.72. The number of nitrogens with one attached hydrogen (secondary N) is 1. The van der Waals surface area contributed by atoms with E-state index in [1.54, 1.807) is 17.2 Å². The SMILES string of the molecule is CC.CCC.CCCN(Cc1ncc(-c2ccc(C)c(O)c2)[nH]1)C(=O)CO.CCc1ccccc1.NC=O. The minimum absolute atomic E-state index is 0.233. The van der Waals surface area contributed by atoms with Crippen LogP contribution in [-0.2, 0) is 22.6 Å². The number of carbonyl (C=O) groups is 2. The molecular weight excluding hydrogens is 480 g/mol. The third kappa shape index (κ3) is 15.5. The van der Waals surface area contributed by atoms with Crippen molar-refractivity contribution >= 4 is 12.3 Å². The molecule has 0 saturated carbocycles. The van der Waals surface area contributed by atoms with Crippen molar-refractivity contribution in [2.24, 2.45) is 5.73 Å². The smallest absolute Gasteiger partial charge is 0.248 e. The summed E-state index contributed by atoms with van der Waals surface area (Å²) in [7, 11) is 0. The van der Waals surface area contributed by atoms with Crippen LogP contribution in [0.4, 0.5) is 0 Å². The lowest BCUT2D eigenvalue weighted by molar-refractivity contribution is -0.134. The molecule has 212 valence electrons. The number of imidazole rings is 1. The van der Waals surface area contributed by atoms with Gasteiger partial charge >= 0.3 is 0 Å². The van der Waals surface area contributed by atoms with Crippen LogP contribution >= 0.6 is 0 Å². The standard InChI is InChI=1S/C16H21N3O3.C8H10.C3H8.C2H6.CH3NO/c1-3-6-19(16(22)10-20)9-15-17-8-13(18-15)12-5-4-11(2)14(21)7-12;1-2-8-6-4-3-5-7-8;1-3-2;1-2;2-1-3/h4-5,7-8,20-21H,3,6,9-10H2,1-2H3,(H,17,18);3-7H,2H2,1H3;3H2,1-2H3;1-2H3;1H,(H2,2,3). The van der Waals surface area contributed by atoms with Crippen molar-refractivity contribution in [3.8, 4) is 17.0 Å². The lowest BCUT2D eigenvalue weighted by Gasteiger charge is -2.19. The van der Waals surface area contributed by atoms with E-state index in [0.29, 0.717) is 18.9 Å². The second-order valence-corrected chi connectivity index (χ2v) is 7.90. The molecule has 3 rings (SSSR count). The third-order valence-corrected chi connectivity index (χ3v) is 4.72. The van der Waals surface area contributed by atoms with Crippen LogP contribution in [0.15, 0.2) is 54.7 Å². The molecule has 8 heteroatoms. The predicted molar refractivity (Wildman–Crippen MR) is 157 cm³/mol. The molecule has 0 saturated heterocycles. The van der Waals surface area contributed by atoms with E-state index in [9.17, 15) is 9.90 Å². The molecular formula is C30H48N4O4. The van der Waals surface area contributed by atoms with E-state index in [2.05, 4.69) is 60.7 Å². The Bertz CT molecular complexity index is 991. The van der Waals surface area contributed by atoms with E-state index in [1.165, 1.54) is 12.0 Å². The van der Waals surface area contributed by atoms with E-state index in [1.807, 2.05) is 45.9 Å². The minimum Gasteiger partial charge on any atom is -0.508 e. The van der Waals surface area contributed by atoms with Gasteiger partial charge < -0.3 is 25.8 Å². The number of benzene rings is 2. The van der Waals surface area contributed by atoms with Gasteiger partial charge in [-0.25, -0.2) is 4.98 Å². The van der Waals surface area contributed by atoms with Crippen molar-refractivity contribution in [3.63, 3.8) is 0 Å². The van der Waals surface area contributed by atoms with E-state index in [-0.39, 0.29) is 18.1 Å². The zero-order chi connectivity index (χ0) is 29.3. The number of hydrogen-bond donors (Lipinski definition) is 4. The Kier molecular flexibility index (Phi) is 22.8. The summed E-state index contributed by atoms with van der Waals surface area (Å²) < 4.78 is 0. The first-order valence-corrected chi connectivity index (χ1v) is 13.2. The van der Waals surface area contributed by atoms with Crippen molar-refractivity contribution in [3.05, 3.63) is 71.7 Å². The summed E-state index contributed by atoms with van der Waals surface area (Å²) >= 11 is 0. The van der Waals surface area contributed by atoms with Crippen molar-refractivity contribution in [1.29, 1.82) is 0 Å². The summed E-state index contributed by atoms with van der Waals surface area (Å²) in [5, 5.41) is 18.8. The first kappa shape index (κ1) is 36.5. The second kappa shape index (κ2) is 23.7. The van der Waals surface area contributed by atoms with Gasteiger partial charge in [-0.1, -0.05) is 90.4 Å². The topological polar surface area (TPSA) is 133 Å². The van der Waals surface area contributed by atoms with Crippen molar-refractivity contribution in [2.75, 3.05) is 13.2 Å². The Morgan fingerprint density at radius 2 is 1.66 bits per heavy atom. The summed E-state index contributed by atoms with van der Waals surface area (Å²) in [5.41, 5.74) is 7.99. The Morgan fingerprint density at radius 1 is 1.08 bits per heavy atom. The molecule has 1 heterocycles. The highest BCUT2D eigenvalue weighted by Crippen LogP contribution is 2.24. The van der Waals surface area contributed by atoms with Crippen LogP contribution in [-0.4, -0.2) is 50.5 Å². The maximum absolute atomic E-state index is 11.7. The van der Waals surface area contributed by atoms with Gasteiger partial charge in [0, 0.05) is 12.1 Å². The normalized spacial score (nSPS) is 9.05. The molecule has 0 radical (unpaired) electrons. The molecule has 5 N–H and O–H groups in total. The Hall–Kier alpha value is -3.65. The number of aliphatic hydroxyl groups is 1. The molecule has 0 aliphatic carbocycles. The fourth-order valence-corrected chi connectivity index (χ4v) is 2.92. The number of aryl methyl sites for hydroxylation is 2. The number of aliphatic hydroxyl groups excluding tert-OH is 1. The lowest BCUT2D eigenvalue weighted by Crippen LogP contribution is -2.33. The van der Waals surface area contributed by atoms with Gasteiger partial charge in [-0.15, -0.1) is 0 Å². The average molecular weight is 529 g/mol. The highest BCUT2D eigenvalue weighted by atomic mass is 16.3. The number of H-pyrrole nitrogens is 1. The second-order valence-electron chi connectivity index (χ2n) is 7.90. The summed E-state index contributed by atoms with van der Waals surface area (Å²) in [6.45, 7) is 14.6. The number of phenolic OH excluding ortho intramolecular Hbond substituents is 1. The highest BCUT2D eigenvalue weighted by Gasteiger charge is 2.14. The first-order chi connectivity index (χ1) is 18.3. The van der Waals surface area contributed by atoms with Gasteiger partial charge in [0.05, 0.1) is 18.4 Å². The molecule has 0 spiro atoms. The average Bonchev–Trinajstić information content (AvgIpc) is 3.41. The number of aromatic nitrogens is 2. The van der Waals surface area contributed by atoms with Gasteiger partial charge in [-0.2, -0.15) is 0 Å².